The maximum Gasteiger partial charge on any atom is 0.161 e. The molecule has 0 saturated heterocycles. The van der Waals surface area contributed by atoms with Crippen LogP contribution in [0, 0.1) is 0 Å². The van der Waals surface area contributed by atoms with Gasteiger partial charge in [0.2, 0.25) is 0 Å². The average molecular weight is 1620 g/mol. The van der Waals surface area contributed by atoms with E-state index in [9.17, 15) is 0 Å². The Balaban J connectivity index is -0.0000000758. The number of benzene rings is 1. The molecule has 16 aromatic rings. The summed E-state index contributed by atoms with van der Waals surface area (Å²) in [6, 6.07) is 40.4. The molecule has 0 aliphatic rings. The van der Waals surface area contributed by atoms with Gasteiger partial charge in [0.1, 0.15) is 19.0 Å². The Morgan fingerprint density at radius 1 is 0.274 bits per heavy atom. The average Bonchev–Trinajstić information content (AvgIpc) is 1.75. The largest absolute Gasteiger partial charge is 0.473 e. The van der Waals surface area contributed by atoms with Crippen molar-refractivity contribution in [3.05, 3.63) is 329 Å². The summed E-state index contributed by atoms with van der Waals surface area (Å²) < 4.78 is 12.9. The van der Waals surface area contributed by atoms with Crippen LogP contribution in [-0.4, -0.2) is 110 Å². The topological polar surface area (TPSA) is 327 Å². The van der Waals surface area contributed by atoms with Crippen molar-refractivity contribution in [2.24, 2.45) is 0 Å². The molecule has 1 aromatic carbocycles. The first-order valence-electron chi connectivity index (χ1n) is 38.9. The van der Waals surface area contributed by atoms with Crippen molar-refractivity contribution in [3.8, 4) is 0 Å². The third kappa shape index (κ3) is 154. The van der Waals surface area contributed by atoms with Crippen molar-refractivity contribution >= 4 is 45.1 Å². The van der Waals surface area contributed by atoms with Gasteiger partial charge in [0.25, 0.3) is 0 Å². The van der Waals surface area contributed by atoms with Gasteiger partial charge in [-0.2, -0.15) is 36.9 Å². The Bertz CT molecular complexity index is 2430. The lowest BCUT2D eigenvalue weighted by Gasteiger charge is -1.83. The quantitative estimate of drug-likeness (QED) is 0.0821. The maximum absolute atomic E-state index is 4.58. The number of rotatable bonds is 0. The fourth-order valence-corrected chi connectivity index (χ4v) is 5.26. The molecule has 16 rings (SSSR count). The summed E-state index contributed by atoms with van der Waals surface area (Å²) in [6.45, 7) is 60.0. The highest BCUT2D eigenvalue weighted by molar-refractivity contribution is 7.07. The predicted octanol–water partition coefficient (Wildman–Crippen LogP) is 27.5. The van der Waals surface area contributed by atoms with E-state index in [0.717, 1.165) is 0 Å². The molecule has 27 heteroatoms. The molecule has 0 bridgehead atoms. The molecule has 15 heterocycles. The van der Waals surface area contributed by atoms with Crippen molar-refractivity contribution in [3.63, 3.8) is 0 Å². The zero-order chi connectivity index (χ0) is 88.4. The zero-order valence-corrected chi connectivity index (χ0v) is 76.8. The van der Waals surface area contributed by atoms with Crippen molar-refractivity contribution < 1.29 is 8.83 Å². The number of fused-ring (bicyclic) bond motifs is 1. The van der Waals surface area contributed by atoms with Gasteiger partial charge >= 0.3 is 0 Å². The number of nitrogens with one attached hydrogen (secondary N) is 6. The highest BCUT2D eigenvalue weighted by atomic mass is 32.1. The Kier molecular flexibility index (Phi) is 207. The van der Waals surface area contributed by atoms with E-state index < -0.39 is 0 Å². The third-order valence-electron chi connectivity index (χ3n) is 7.35. The minimum Gasteiger partial charge on any atom is -0.473 e. The second-order valence-electron chi connectivity index (χ2n) is 13.2. The molecule has 0 aliphatic carbocycles. The van der Waals surface area contributed by atoms with E-state index >= 15 is 0 Å². The van der Waals surface area contributed by atoms with Crippen LogP contribution in [0.3, 0.4) is 0 Å². The number of hydrogen-bond donors (Lipinski definition) is 6. The normalized spacial score (nSPS) is 6.85. The molecule has 0 spiro atoms. The number of para-hydroxylation sites is 1. The standard InChI is InChI=1S/C8H7N.C5H5N.3C4H4N2.C4H5N.2C4H4O.C4H4S.2C3H4N2.2C3H3NS.C2H3N3.15C2H6.CH2N4/c1-2-4-8-7(3-1)5-6-9-8;1-2-4-6-5-3-1;1-2-6-4-3-5-1;1-2-5-4-6-3-1;1-2-4-6-5-3-1;4*1-2-4-5-3-1;1-2-5-3-4-1;1-2-4-5-3-1;1-2-5-3-4-1;1-2-4-5-3-1;1-3-2-5-4-1;15*1-2;1-2-4-5-3-1/h1-6,9H;1-5H;3*1-4H;1-5H;3*1-4H;2*1-3H,(H,4,5);2*1-3H;1-2H,(H,3,4,5);15*1-2H3;1H,(H,2,3,4,5). The Hall–Kier alpha value is -11.4. The molecule has 0 saturated carbocycles. The van der Waals surface area contributed by atoms with Gasteiger partial charge in [-0.3, -0.25) is 30.1 Å². The van der Waals surface area contributed by atoms with E-state index in [-0.39, 0.29) is 0 Å². The monoisotopic (exact) mass is 1620 g/mol. The molecule has 0 atom stereocenters. The summed E-state index contributed by atoms with van der Waals surface area (Å²) >= 11 is 4.78. The van der Waals surface area contributed by atoms with Gasteiger partial charge < -0.3 is 23.8 Å². The van der Waals surface area contributed by atoms with Crippen LogP contribution in [0.5, 0.6) is 0 Å². The second kappa shape index (κ2) is 175. The Labute approximate surface area is 696 Å². The molecular formula is C86H150N22O2S3. The number of furan rings is 2. The smallest absolute Gasteiger partial charge is 0.161 e. The van der Waals surface area contributed by atoms with Crippen LogP contribution < -0.4 is 0 Å². The fraction of sp³-hybridized carbons (Fsp3) is 0.349. The van der Waals surface area contributed by atoms with E-state index in [1.165, 1.54) is 47.7 Å². The van der Waals surface area contributed by atoms with E-state index in [1.54, 1.807) is 165 Å². The number of aromatic nitrogens is 22. The molecule has 113 heavy (non-hydrogen) atoms. The molecule has 0 amide bonds. The van der Waals surface area contributed by atoms with Gasteiger partial charge in [0.05, 0.1) is 36.9 Å². The molecule has 6 N–H and O–H groups in total. The lowest BCUT2D eigenvalue weighted by atomic mass is 10.3. The highest BCUT2D eigenvalue weighted by Gasteiger charge is 1.86. The molecule has 0 radical (unpaired) electrons. The summed E-state index contributed by atoms with van der Waals surface area (Å²) in [6.07, 6.45) is 46.8. The van der Waals surface area contributed by atoms with Gasteiger partial charge in [0, 0.05) is 134 Å². The van der Waals surface area contributed by atoms with E-state index in [4.69, 9.17) is 0 Å². The van der Waals surface area contributed by atoms with Gasteiger partial charge in [-0.05, 0) is 119 Å². The number of imidazole rings is 1. The number of H-pyrrole nitrogens is 6. The van der Waals surface area contributed by atoms with Crippen molar-refractivity contribution in [2.75, 3.05) is 0 Å². The van der Waals surface area contributed by atoms with Gasteiger partial charge in [-0.1, -0.05) is 249 Å². The van der Waals surface area contributed by atoms with Crippen LogP contribution >= 0.6 is 34.2 Å². The Morgan fingerprint density at radius 2 is 0.779 bits per heavy atom. The molecule has 0 fully saturated rings. The first kappa shape index (κ1) is 134. The van der Waals surface area contributed by atoms with Crippen LogP contribution in [-0.2, 0) is 0 Å². The molecule has 24 nitrogen and oxygen atoms in total. The molecule has 0 unspecified atom stereocenters. The molecule has 634 valence electrons. The molecule has 15 aromatic heterocycles. The summed E-state index contributed by atoms with van der Waals surface area (Å²) in [5, 5.41) is 40.7. The number of nitrogens with zero attached hydrogens (tertiary/aromatic N) is 16. The van der Waals surface area contributed by atoms with Crippen molar-refractivity contribution in [1.82, 2.24) is 110 Å². The summed E-state index contributed by atoms with van der Waals surface area (Å²) in [5.41, 5.74) is 3.00. The second-order valence-corrected chi connectivity index (χ2v) is 15.4. The first-order chi connectivity index (χ1) is 56.5. The number of tetrazole rings is 1. The third-order valence-corrected chi connectivity index (χ3v) is 9.02. The first-order valence-corrected chi connectivity index (χ1v) is 41.6. The lowest BCUT2D eigenvalue weighted by Crippen LogP contribution is -1.69. The minimum absolute atomic E-state index is 1.21. The SMILES string of the molecule is CC.CC.CC.CC.CC.CC.CC.CC.CC.CC.CC.CC.CC.CC.CC.c1c[nH]cn1.c1cc[nH]c1.c1ccc2[nH]ccc2c1.c1ccncc1.c1ccnnc1.c1ccoc1.c1ccoc1.c1ccsc1.c1cn[nH]c1.c1cnccn1.c1cncnc1.c1cnsc1.c1cscn1.c1nc[nH]n1.c1nn[nH]n1. The van der Waals surface area contributed by atoms with Crippen LogP contribution in [0.2, 0.25) is 0 Å². The van der Waals surface area contributed by atoms with Crippen LogP contribution in [0.25, 0.3) is 10.9 Å². The highest BCUT2D eigenvalue weighted by Crippen LogP contribution is 2.09. The number of hydrogen-bond acceptors (Lipinski definition) is 21. The number of pyridine rings is 1. The summed E-state index contributed by atoms with van der Waals surface area (Å²) in [4.78, 5) is 38.3. The van der Waals surface area contributed by atoms with Crippen LogP contribution in [0.15, 0.2) is 338 Å². The van der Waals surface area contributed by atoms with Crippen molar-refractivity contribution in [2.45, 2.75) is 208 Å². The number of thiazole rings is 1. The van der Waals surface area contributed by atoms with E-state index in [1.807, 2.05) is 351 Å². The van der Waals surface area contributed by atoms with Crippen molar-refractivity contribution in [1.29, 1.82) is 0 Å². The minimum atomic E-state index is 1.21. The lowest BCUT2D eigenvalue weighted by molar-refractivity contribution is 0.567. The molecule has 0 aliphatic heterocycles. The fourth-order valence-electron chi connectivity index (χ4n) is 4.10. The van der Waals surface area contributed by atoms with Crippen LogP contribution in [0.4, 0.5) is 0 Å². The number of thiophene rings is 1. The van der Waals surface area contributed by atoms with Crippen LogP contribution in [0.1, 0.15) is 208 Å². The predicted molar refractivity (Wildman–Crippen MR) is 493 cm³/mol. The summed E-state index contributed by atoms with van der Waals surface area (Å²) in [5.74, 6) is 0. The number of aromatic amines is 6. The van der Waals surface area contributed by atoms with Gasteiger partial charge in [-0.25, -0.2) is 24.3 Å². The van der Waals surface area contributed by atoms with E-state index in [2.05, 4.69) is 137 Å². The summed E-state index contributed by atoms with van der Waals surface area (Å²) in [7, 11) is 0. The van der Waals surface area contributed by atoms with Gasteiger partial charge in [0.15, 0.2) is 6.33 Å². The maximum atomic E-state index is 4.58. The van der Waals surface area contributed by atoms with E-state index in [0.29, 0.717) is 0 Å². The zero-order valence-electron chi connectivity index (χ0n) is 74.4. The molecular weight excluding hydrogens is 1470 g/mol. The van der Waals surface area contributed by atoms with Gasteiger partial charge in [-0.15, -0.1) is 21.5 Å². The Morgan fingerprint density at radius 3 is 0.965 bits per heavy atom.